The Kier molecular flexibility index (Phi) is 4.62. The number of anilines is 1. The third-order valence-electron chi connectivity index (χ3n) is 5.12. The fraction of sp³-hybridized carbons (Fsp3) is 0.368. The maximum atomic E-state index is 12.5. The van der Waals surface area contributed by atoms with E-state index in [1.807, 2.05) is 11.6 Å². The summed E-state index contributed by atoms with van der Waals surface area (Å²) < 4.78 is 1.96. The number of benzene rings is 1. The zero-order chi connectivity index (χ0) is 18.8. The second-order valence-corrected chi connectivity index (χ2v) is 6.89. The molecule has 8 nitrogen and oxygen atoms in total. The summed E-state index contributed by atoms with van der Waals surface area (Å²) in [6.07, 6.45) is 7.47. The standard InChI is InChI=1S/C19H22N6O2/c1-12-15(11-20-25(12)13-7-3-2-4-8-13)18(27)23-24-19-21-16-10-6-5-9-14(16)17(26)22-19/h5-6,9-11,13H,2-4,7-8H2,1H3,(H,23,27)(H2,21,22,24,26). The molecular weight excluding hydrogens is 344 g/mol. The van der Waals surface area contributed by atoms with E-state index in [0.717, 1.165) is 18.5 Å². The van der Waals surface area contributed by atoms with Crippen molar-refractivity contribution in [2.24, 2.45) is 0 Å². The molecule has 0 radical (unpaired) electrons. The van der Waals surface area contributed by atoms with Gasteiger partial charge in [0.1, 0.15) is 0 Å². The van der Waals surface area contributed by atoms with Crippen LogP contribution in [0.1, 0.15) is 54.2 Å². The monoisotopic (exact) mass is 366 g/mol. The first kappa shape index (κ1) is 17.3. The fourth-order valence-electron chi connectivity index (χ4n) is 3.67. The number of hydrazine groups is 1. The van der Waals surface area contributed by atoms with E-state index in [-0.39, 0.29) is 17.4 Å². The van der Waals surface area contributed by atoms with E-state index in [4.69, 9.17) is 0 Å². The van der Waals surface area contributed by atoms with Gasteiger partial charge >= 0.3 is 0 Å². The van der Waals surface area contributed by atoms with Crippen LogP contribution in [0, 0.1) is 6.92 Å². The molecule has 2 heterocycles. The number of rotatable bonds is 4. The molecule has 1 aliphatic carbocycles. The molecule has 1 aromatic carbocycles. The van der Waals surface area contributed by atoms with Gasteiger partial charge in [0, 0.05) is 5.69 Å². The van der Waals surface area contributed by atoms with Crippen LogP contribution in [0.25, 0.3) is 10.9 Å². The third-order valence-corrected chi connectivity index (χ3v) is 5.12. The van der Waals surface area contributed by atoms with Crippen LogP contribution in [0.2, 0.25) is 0 Å². The lowest BCUT2D eigenvalue weighted by atomic mass is 9.95. The number of H-pyrrole nitrogens is 1. The lowest BCUT2D eigenvalue weighted by molar-refractivity contribution is 0.0961. The van der Waals surface area contributed by atoms with Crippen molar-refractivity contribution in [3.05, 3.63) is 52.1 Å². The van der Waals surface area contributed by atoms with Gasteiger partial charge in [-0.2, -0.15) is 5.10 Å². The highest BCUT2D eigenvalue weighted by Gasteiger charge is 2.21. The maximum Gasteiger partial charge on any atom is 0.273 e. The molecule has 0 saturated heterocycles. The SMILES string of the molecule is Cc1c(C(=O)NNc2nc3ccccc3c(=O)[nH]2)cnn1C1CCCCC1. The minimum atomic E-state index is -0.314. The van der Waals surface area contributed by atoms with Gasteiger partial charge in [0.05, 0.1) is 28.7 Å². The molecule has 140 valence electrons. The van der Waals surface area contributed by atoms with Crippen LogP contribution < -0.4 is 16.4 Å². The summed E-state index contributed by atoms with van der Waals surface area (Å²) in [6.45, 7) is 1.91. The van der Waals surface area contributed by atoms with Crippen molar-refractivity contribution in [1.29, 1.82) is 0 Å². The molecule has 1 fully saturated rings. The van der Waals surface area contributed by atoms with Gasteiger partial charge in [-0.15, -0.1) is 0 Å². The van der Waals surface area contributed by atoms with E-state index in [9.17, 15) is 9.59 Å². The Morgan fingerprint density at radius 2 is 2.00 bits per heavy atom. The molecule has 8 heteroatoms. The maximum absolute atomic E-state index is 12.5. The van der Waals surface area contributed by atoms with E-state index in [1.165, 1.54) is 19.3 Å². The predicted octanol–water partition coefficient (Wildman–Crippen LogP) is 2.69. The molecular formula is C19H22N6O2. The minimum absolute atomic E-state index is 0.185. The van der Waals surface area contributed by atoms with Gasteiger partial charge in [-0.1, -0.05) is 31.4 Å². The van der Waals surface area contributed by atoms with Crippen LogP contribution in [0.3, 0.4) is 0 Å². The lowest BCUT2D eigenvalue weighted by Gasteiger charge is -2.23. The molecule has 2 aromatic heterocycles. The summed E-state index contributed by atoms with van der Waals surface area (Å²) >= 11 is 0. The fourth-order valence-corrected chi connectivity index (χ4v) is 3.67. The highest BCUT2D eigenvalue weighted by Crippen LogP contribution is 2.29. The van der Waals surface area contributed by atoms with Crippen LogP contribution >= 0.6 is 0 Å². The van der Waals surface area contributed by atoms with Gasteiger partial charge in [0.25, 0.3) is 11.5 Å². The highest BCUT2D eigenvalue weighted by atomic mass is 16.2. The molecule has 1 aliphatic rings. The highest BCUT2D eigenvalue weighted by molar-refractivity contribution is 5.95. The molecule has 3 N–H and O–H groups in total. The molecule has 3 aromatic rings. The number of carbonyl (C=O) groups excluding carboxylic acids is 1. The lowest BCUT2D eigenvalue weighted by Crippen LogP contribution is -2.31. The molecule has 27 heavy (non-hydrogen) atoms. The van der Waals surface area contributed by atoms with E-state index in [1.54, 1.807) is 30.5 Å². The Labute approximate surface area is 156 Å². The van der Waals surface area contributed by atoms with Crippen molar-refractivity contribution in [3.8, 4) is 0 Å². The summed E-state index contributed by atoms with van der Waals surface area (Å²) in [5, 5.41) is 4.92. The molecule has 0 unspecified atom stereocenters. The average molecular weight is 366 g/mol. The van der Waals surface area contributed by atoms with E-state index in [0.29, 0.717) is 22.5 Å². The first-order valence-corrected chi connectivity index (χ1v) is 9.23. The van der Waals surface area contributed by atoms with Crippen molar-refractivity contribution < 1.29 is 4.79 Å². The zero-order valence-corrected chi connectivity index (χ0v) is 15.2. The summed E-state index contributed by atoms with van der Waals surface area (Å²) in [4.78, 5) is 31.5. The smallest absolute Gasteiger partial charge is 0.273 e. The topological polar surface area (TPSA) is 105 Å². The molecule has 1 saturated carbocycles. The number of nitrogens with zero attached hydrogens (tertiary/aromatic N) is 3. The van der Waals surface area contributed by atoms with E-state index < -0.39 is 0 Å². The Morgan fingerprint density at radius 3 is 2.81 bits per heavy atom. The Hall–Kier alpha value is -3.16. The average Bonchev–Trinajstić information content (AvgIpc) is 3.08. The summed E-state index contributed by atoms with van der Waals surface area (Å²) in [7, 11) is 0. The van der Waals surface area contributed by atoms with Crippen LogP contribution in [0.5, 0.6) is 0 Å². The number of fused-ring (bicyclic) bond motifs is 1. The number of amides is 1. The zero-order valence-electron chi connectivity index (χ0n) is 15.2. The van der Waals surface area contributed by atoms with Gasteiger partial charge in [-0.05, 0) is 31.9 Å². The van der Waals surface area contributed by atoms with Crippen LogP contribution in [-0.4, -0.2) is 25.7 Å². The largest absolute Gasteiger partial charge is 0.291 e. The Bertz CT molecular complexity index is 1030. The number of aromatic nitrogens is 4. The van der Waals surface area contributed by atoms with Gasteiger partial charge < -0.3 is 0 Å². The first-order chi connectivity index (χ1) is 13.1. The second kappa shape index (κ2) is 7.22. The summed E-state index contributed by atoms with van der Waals surface area (Å²) in [5.74, 6) is -0.130. The Morgan fingerprint density at radius 1 is 1.22 bits per heavy atom. The molecule has 0 aliphatic heterocycles. The molecule has 0 bridgehead atoms. The molecule has 4 rings (SSSR count). The van der Waals surface area contributed by atoms with Gasteiger partial charge in [-0.25, -0.2) is 4.98 Å². The quantitative estimate of drug-likeness (QED) is 0.616. The molecule has 1 amide bonds. The van der Waals surface area contributed by atoms with Crippen LogP contribution in [0.4, 0.5) is 5.95 Å². The second-order valence-electron chi connectivity index (χ2n) is 6.89. The molecule has 0 atom stereocenters. The third kappa shape index (κ3) is 3.42. The number of aromatic amines is 1. The predicted molar refractivity (Wildman–Crippen MR) is 103 cm³/mol. The normalized spacial score (nSPS) is 15.0. The number of nitrogens with one attached hydrogen (secondary N) is 3. The van der Waals surface area contributed by atoms with Crippen molar-refractivity contribution in [3.63, 3.8) is 0 Å². The van der Waals surface area contributed by atoms with Gasteiger partial charge in [0.15, 0.2) is 0 Å². The Balaban J connectivity index is 1.48. The van der Waals surface area contributed by atoms with Gasteiger partial charge in [-0.3, -0.25) is 30.1 Å². The van der Waals surface area contributed by atoms with Crippen LogP contribution in [-0.2, 0) is 0 Å². The molecule has 0 spiro atoms. The first-order valence-electron chi connectivity index (χ1n) is 9.23. The van der Waals surface area contributed by atoms with Crippen molar-refractivity contribution >= 4 is 22.8 Å². The number of para-hydroxylation sites is 1. The van der Waals surface area contributed by atoms with Crippen molar-refractivity contribution in [1.82, 2.24) is 25.2 Å². The number of hydrogen-bond donors (Lipinski definition) is 3. The minimum Gasteiger partial charge on any atom is -0.291 e. The van der Waals surface area contributed by atoms with E-state index >= 15 is 0 Å². The number of hydrogen-bond acceptors (Lipinski definition) is 5. The van der Waals surface area contributed by atoms with Crippen LogP contribution in [0.15, 0.2) is 35.3 Å². The van der Waals surface area contributed by atoms with E-state index in [2.05, 4.69) is 25.9 Å². The van der Waals surface area contributed by atoms with Crippen molar-refractivity contribution in [2.45, 2.75) is 45.1 Å². The summed E-state index contributed by atoms with van der Waals surface area (Å²) in [5.41, 5.74) is 6.93. The van der Waals surface area contributed by atoms with Gasteiger partial charge in [0.2, 0.25) is 5.95 Å². The van der Waals surface area contributed by atoms with Crippen molar-refractivity contribution in [2.75, 3.05) is 5.43 Å². The number of carbonyl (C=O) groups is 1. The summed E-state index contributed by atoms with van der Waals surface area (Å²) in [6, 6.07) is 7.40.